The quantitative estimate of drug-likeness (QED) is 0.726. The molecular weight excluding hydrogens is 222 g/mol. The molecule has 1 aromatic rings. The van der Waals surface area contributed by atoms with E-state index in [1.54, 1.807) is 0 Å². The lowest BCUT2D eigenvalue weighted by Crippen LogP contribution is -2.43. The molecule has 0 radical (unpaired) electrons. The summed E-state index contributed by atoms with van der Waals surface area (Å²) in [5, 5.41) is 14.3. The minimum absolute atomic E-state index is 0.186. The number of β-amino-alcohol motifs (C(OH)–C–C–N with tert-alkyl or cyclic N) is 1. The summed E-state index contributed by atoms with van der Waals surface area (Å²) in [6, 6.07) is 5.89. The molecule has 2 nitrogen and oxygen atoms in total. The molecule has 1 aromatic carbocycles. The maximum absolute atomic E-state index is 10.1. The summed E-state index contributed by atoms with van der Waals surface area (Å²) in [5.74, 6) is 0. The third-order valence-electron chi connectivity index (χ3n) is 4.05. The Morgan fingerprint density at radius 2 is 2.19 bits per heavy atom. The van der Waals surface area contributed by atoms with Crippen LogP contribution in [0.4, 0.5) is 0 Å². The standard InChI is InChI=1S/C13H16ClNO/c14-10-4-1-3-9-11(16)7-15-8-13(12(9)10)5-2-6-13/h1,3-4,11,15-16H,2,5-8H2. The number of halogens is 1. The predicted octanol–water partition coefficient (Wildman–Crippen LogP) is 2.40. The molecule has 1 fully saturated rings. The normalized spacial score (nSPS) is 27.0. The van der Waals surface area contributed by atoms with Gasteiger partial charge in [0, 0.05) is 23.5 Å². The molecular formula is C13H16ClNO. The smallest absolute Gasteiger partial charge is 0.0917 e. The van der Waals surface area contributed by atoms with Crippen molar-refractivity contribution < 1.29 is 5.11 Å². The molecule has 3 rings (SSSR count). The lowest BCUT2D eigenvalue weighted by molar-refractivity contribution is 0.177. The second kappa shape index (κ2) is 3.73. The Hall–Kier alpha value is -0.570. The first-order chi connectivity index (χ1) is 7.73. The molecule has 2 N–H and O–H groups in total. The molecule has 1 atom stereocenters. The molecule has 1 saturated carbocycles. The van der Waals surface area contributed by atoms with Crippen molar-refractivity contribution in [3.8, 4) is 0 Å². The minimum Gasteiger partial charge on any atom is -0.387 e. The van der Waals surface area contributed by atoms with Gasteiger partial charge in [-0.25, -0.2) is 0 Å². The van der Waals surface area contributed by atoms with E-state index in [0.29, 0.717) is 6.54 Å². The van der Waals surface area contributed by atoms with Crippen LogP contribution in [-0.2, 0) is 5.41 Å². The van der Waals surface area contributed by atoms with Crippen LogP contribution in [0.25, 0.3) is 0 Å². The van der Waals surface area contributed by atoms with Crippen LogP contribution in [0.5, 0.6) is 0 Å². The van der Waals surface area contributed by atoms with Gasteiger partial charge in [0.15, 0.2) is 0 Å². The number of hydrogen-bond donors (Lipinski definition) is 2. The highest BCUT2D eigenvalue weighted by Crippen LogP contribution is 2.49. The Kier molecular flexibility index (Phi) is 2.46. The highest BCUT2D eigenvalue weighted by molar-refractivity contribution is 6.31. The van der Waals surface area contributed by atoms with Crippen molar-refractivity contribution in [2.45, 2.75) is 30.8 Å². The topological polar surface area (TPSA) is 32.3 Å². The van der Waals surface area contributed by atoms with E-state index in [1.807, 2.05) is 18.2 Å². The zero-order chi connectivity index (χ0) is 11.2. The van der Waals surface area contributed by atoms with Gasteiger partial charge in [0.1, 0.15) is 0 Å². The molecule has 1 aliphatic carbocycles. The van der Waals surface area contributed by atoms with Crippen LogP contribution in [0.3, 0.4) is 0 Å². The molecule has 0 amide bonds. The lowest BCUT2D eigenvalue weighted by atomic mass is 9.63. The Morgan fingerprint density at radius 3 is 2.88 bits per heavy atom. The van der Waals surface area contributed by atoms with E-state index in [-0.39, 0.29) is 5.41 Å². The summed E-state index contributed by atoms with van der Waals surface area (Å²) < 4.78 is 0. The van der Waals surface area contributed by atoms with Crippen molar-refractivity contribution in [2.24, 2.45) is 0 Å². The Bertz CT molecular complexity index is 414. The van der Waals surface area contributed by atoms with Crippen LogP contribution in [0.15, 0.2) is 18.2 Å². The van der Waals surface area contributed by atoms with E-state index < -0.39 is 6.10 Å². The SMILES string of the molecule is OC1CNCC2(CCC2)c2c(Cl)cccc21. The summed E-state index contributed by atoms with van der Waals surface area (Å²) in [6.07, 6.45) is 3.21. The molecule has 1 spiro atoms. The lowest BCUT2D eigenvalue weighted by Gasteiger charge is -2.43. The van der Waals surface area contributed by atoms with Crippen molar-refractivity contribution in [3.63, 3.8) is 0 Å². The Balaban J connectivity index is 2.18. The summed E-state index contributed by atoms with van der Waals surface area (Å²) in [5.41, 5.74) is 2.41. The molecule has 1 heterocycles. The molecule has 1 aliphatic heterocycles. The molecule has 86 valence electrons. The van der Waals surface area contributed by atoms with Crippen LogP contribution in [0.2, 0.25) is 5.02 Å². The molecule has 0 saturated heterocycles. The monoisotopic (exact) mass is 237 g/mol. The number of hydrogen-bond acceptors (Lipinski definition) is 2. The van der Waals surface area contributed by atoms with Crippen LogP contribution >= 0.6 is 11.6 Å². The van der Waals surface area contributed by atoms with E-state index in [0.717, 1.165) is 17.1 Å². The van der Waals surface area contributed by atoms with Gasteiger partial charge in [-0.3, -0.25) is 0 Å². The van der Waals surface area contributed by atoms with E-state index >= 15 is 0 Å². The number of benzene rings is 1. The molecule has 0 aromatic heterocycles. The Labute approximate surface area is 101 Å². The third-order valence-corrected chi connectivity index (χ3v) is 4.36. The minimum atomic E-state index is -0.423. The maximum Gasteiger partial charge on any atom is 0.0917 e. The fraction of sp³-hybridized carbons (Fsp3) is 0.538. The fourth-order valence-corrected chi connectivity index (χ4v) is 3.44. The second-order valence-electron chi connectivity index (χ2n) is 4.98. The summed E-state index contributed by atoms with van der Waals surface area (Å²) in [7, 11) is 0. The number of aliphatic hydroxyl groups is 1. The van der Waals surface area contributed by atoms with Gasteiger partial charge in [-0.2, -0.15) is 0 Å². The van der Waals surface area contributed by atoms with Crippen LogP contribution in [-0.4, -0.2) is 18.2 Å². The van der Waals surface area contributed by atoms with E-state index in [1.165, 1.54) is 24.8 Å². The van der Waals surface area contributed by atoms with Gasteiger partial charge in [0.2, 0.25) is 0 Å². The number of rotatable bonds is 0. The first-order valence-corrected chi connectivity index (χ1v) is 6.28. The van der Waals surface area contributed by atoms with Gasteiger partial charge in [-0.15, -0.1) is 0 Å². The van der Waals surface area contributed by atoms with Crippen LogP contribution in [0, 0.1) is 0 Å². The molecule has 16 heavy (non-hydrogen) atoms. The van der Waals surface area contributed by atoms with E-state index in [2.05, 4.69) is 5.32 Å². The molecule has 1 unspecified atom stereocenters. The molecule has 2 aliphatic rings. The van der Waals surface area contributed by atoms with Crippen molar-refractivity contribution in [1.29, 1.82) is 0 Å². The van der Waals surface area contributed by atoms with Gasteiger partial charge in [-0.1, -0.05) is 30.2 Å². The highest BCUT2D eigenvalue weighted by atomic mass is 35.5. The largest absolute Gasteiger partial charge is 0.387 e. The maximum atomic E-state index is 10.1. The van der Waals surface area contributed by atoms with E-state index in [4.69, 9.17) is 11.6 Å². The van der Waals surface area contributed by atoms with Crippen LogP contribution < -0.4 is 5.32 Å². The Morgan fingerprint density at radius 1 is 1.38 bits per heavy atom. The predicted molar refractivity (Wildman–Crippen MR) is 64.8 cm³/mol. The average molecular weight is 238 g/mol. The first-order valence-electron chi connectivity index (χ1n) is 5.91. The number of nitrogens with one attached hydrogen (secondary N) is 1. The van der Waals surface area contributed by atoms with Crippen molar-refractivity contribution >= 4 is 11.6 Å². The summed E-state index contributed by atoms with van der Waals surface area (Å²) >= 11 is 6.34. The van der Waals surface area contributed by atoms with Gasteiger partial charge in [0.25, 0.3) is 0 Å². The van der Waals surface area contributed by atoms with Gasteiger partial charge < -0.3 is 10.4 Å². The zero-order valence-corrected chi connectivity index (χ0v) is 9.93. The summed E-state index contributed by atoms with van der Waals surface area (Å²) in [6.45, 7) is 1.58. The second-order valence-corrected chi connectivity index (χ2v) is 5.39. The van der Waals surface area contributed by atoms with Crippen molar-refractivity contribution in [3.05, 3.63) is 34.3 Å². The van der Waals surface area contributed by atoms with Gasteiger partial charge in [-0.05, 0) is 30.0 Å². The zero-order valence-electron chi connectivity index (χ0n) is 9.17. The molecule has 0 bridgehead atoms. The molecule has 3 heteroatoms. The van der Waals surface area contributed by atoms with Crippen molar-refractivity contribution in [1.82, 2.24) is 5.32 Å². The average Bonchev–Trinajstić information content (AvgIpc) is 2.36. The highest BCUT2D eigenvalue weighted by Gasteiger charge is 2.43. The number of aliphatic hydroxyl groups excluding tert-OH is 1. The third kappa shape index (κ3) is 1.41. The van der Waals surface area contributed by atoms with E-state index in [9.17, 15) is 5.11 Å². The fourth-order valence-electron chi connectivity index (χ4n) is 3.05. The first kappa shape index (κ1) is 10.6. The summed E-state index contributed by atoms with van der Waals surface area (Å²) in [4.78, 5) is 0. The van der Waals surface area contributed by atoms with Gasteiger partial charge in [0.05, 0.1) is 6.10 Å². The van der Waals surface area contributed by atoms with Gasteiger partial charge >= 0.3 is 0 Å². The van der Waals surface area contributed by atoms with Crippen LogP contribution in [0.1, 0.15) is 36.5 Å². The number of fused-ring (bicyclic) bond motifs is 2. The van der Waals surface area contributed by atoms with Crippen molar-refractivity contribution in [2.75, 3.05) is 13.1 Å².